The second-order valence-electron chi connectivity index (χ2n) is 4.90. The van der Waals surface area contributed by atoms with Crippen LogP contribution in [0.25, 0.3) is 0 Å². The molecule has 17 heavy (non-hydrogen) atoms. The molecule has 0 bridgehead atoms. The molecule has 0 saturated carbocycles. The number of hydrogen-bond donors (Lipinski definition) is 0. The topological polar surface area (TPSA) is 3.24 Å². The Morgan fingerprint density at radius 1 is 0.882 bits per heavy atom. The largest absolute Gasteiger partial charge is 0.307 e. The lowest BCUT2D eigenvalue weighted by Gasteiger charge is -2.12. The van der Waals surface area contributed by atoms with Crippen LogP contribution in [0.2, 0.25) is 0 Å². The van der Waals surface area contributed by atoms with Crippen molar-refractivity contribution in [1.82, 2.24) is 4.90 Å². The van der Waals surface area contributed by atoms with Gasteiger partial charge in [0.15, 0.2) is 0 Å². The first-order chi connectivity index (χ1) is 8.33. The average molecular weight is 233 g/mol. The third-order valence-corrected chi connectivity index (χ3v) is 3.39. The van der Waals surface area contributed by atoms with Gasteiger partial charge in [-0.05, 0) is 45.0 Å². The molecule has 1 aromatic rings. The molecule has 0 spiro atoms. The highest BCUT2D eigenvalue weighted by molar-refractivity contribution is 5.14. The van der Waals surface area contributed by atoms with Gasteiger partial charge >= 0.3 is 0 Å². The molecule has 0 aliphatic rings. The summed E-state index contributed by atoms with van der Waals surface area (Å²) in [7, 11) is 2.20. The summed E-state index contributed by atoms with van der Waals surface area (Å²) in [6.07, 6.45) is 8.10. The fraction of sp³-hybridized carbons (Fsp3) is 0.625. The van der Waals surface area contributed by atoms with Crippen molar-refractivity contribution in [3.8, 4) is 0 Å². The van der Waals surface area contributed by atoms with Gasteiger partial charge in [0.2, 0.25) is 0 Å². The first-order valence-electron chi connectivity index (χ1n) is 7.05. The Bertz CT molecular complexity index is 268. The molecule has 0 atom stereocenters. The van der Waals surface area contributed by atoms with Crippen molar-refractivity contribution >= 4 is 0 Å². The Morgan fingerprint density at radius 2 is 1.53 bits per heavy atom. The van der Waals surface area contributed by atoms with Crippen LogP contribution in [0.3, 0.4) is 0 Å². The van der Waals surface area contributed by atoms with Crippen molar-refractivity contribution in [3.63, 3.8) is 0 Å². The monoisotopic (exact) mass is 233 g/mol. The molecule has 1 heteroatoms. The molecule has 1 aromatic carbocycles. The van der Waals surface area contributed by atoms with Gasteiger partial charge in [0.25, 0.3) is 0 Å². The zero-order valence-corrected chi connectivity index (χ0v) is 11.5. The summed E-state index contributed by atoms with van der Waals surface area (Å²) in [5.41, 5.74) is 1.48. The molecule has 0 N–H and O–H groups in total. The van der Waals surface area contributed by atoms with Crippen molar-refractivity contribution in [2.24, 2.45) is 0 Å². The number of benzene rings is 1. The van der Waals surface area contributed by atoms with E-state index in [1.165, 1.54) is 57.2 Å². The minimum absolute atomic E-state index is 1.17. The van der Waals surface area contributed by atoms with Gasteiger partial charge in [-0.25, -0.2) is 0 Å². The number of aryl methyl sites for hydroxylation is 1. The number of unbranched alkanes of at least 4 members (excludes halogenated alkanes) is 4. The van der Waals surface area contributed by atoms with E-state index in [9.17, 15) is 0 Å². The molecule has 1 nitrogen and oxygen atoms in total. The minimum atomic E-state index is 1.17. The second-order valence-corrected chi connectivity index (χ2v) is 4.90. The van der Waals surface area contributed by atoms with Gasteiger partial charge in [0.05, 0.1) is 0 Å². The normalized spacial score (nSPS) is 11.0. The van der Waals surface area contributed by atoms with Gasteiger partial charge in [-0.1, -0.05) is 56.5 Å². The zero-order chi connectivity index (χ0) is 12.3. The molecule has 0 radical (unpaired) electrons. The quantitative estimate of drug-likeness (QED) is 0.580. The molecular formula is C16H27N. The van der Waals surface area contributed by atoms with Crippen LogP contribution in [0.15, 0.2) is 30.3 Å². The summed E-state index contributed by atoms with van der Waals surface area (Å²) in [4.78, 5) is 2.39. The molecule has 1 rings (SSSR count). The zero-order valence-electron chi connectivity index (χ0n) is 11.5. The summed E-state index contributed by atoms with van der Waals surface area (Å²) in [6.45, 7) is 4.66. The van der Waals surface area contributed by atoms with Crippen LogP contribution >= 0.6 is 0 Å². The molecule has 0 aromatic heterocycles. The summed E-state index contributed by atoms with van der Waals surface area (Å²) < 4.78 is 0. The maximum Gasteiger partial charge on any atom is -0.00219 e. The van der Waals surface area contributed by atoms with E-state index in [1.54, 1.807) is 0 Å². The van der Waals surface area contributed by atoms with E-state index < -0.39 is 0 Å². The molecule has 0 fully saturated rings. The second kappa shape index (κ2) is 9.23. The third kappa shape index (κ3) is 7.17. The molecule has 0 aliphatic heterocycles. The smallest absolute Gasteiger partial charge is 0.00219 e. The summed E-state index contributed by atoms with van der Waals surface area (Å²) in [5.74, 6) is 0. The van der Waals surface area contributed by atoms with Gasteiger partial charge < -0.3 is 4.90 Å². The summed E-state index contributed by atoms with van der Waals surface area (Å²) >= 11 is 0. The highest BCUT2D eigenvalue weighted by Crippen LogP contribution is 2.08. The van der Waals surface area contributed by atoms with E-state index in [0.717, 1.165) is 0 Å². The van der Waals surface area contributed by atoms with Gasteiger partial charge in [-0.2, -0.15) is 0 Å². The van der Waals surface area contributed by atoms with Crippen molar-refractivity contribution in [2.45, 2.75) is 45.4 Å². The first-order valence-corrected chi connectivity index (χ1v) is 7.05. The Hall–Kier alpha value is -0.820. The minimum Gasteiger partial charge on any atom is -0.307 e. The molecule has 0 aliphatic carbocycles. The van der Waals surface area contributed by atoms with Gasteiger partial charge in [-0.3, -0.25) is 0 Å². The van der Waals surface area contributed by atoms with Crippen LogP contribution < -0.4 is 0 Å². The number of rotatable bonds is 9. The number of hydrogen-bond acceptors (Lipinski definition) is 1. The number of nitrogens with zero attached hydrogens (tertiary/aromatic N) is 1. The van der Waals surface area contributed by atoms with E-state index in [0.29, 0.717) is 0 Å². The molecule has 0 amide bonds. The fourth-order valence-electron chi connectivity index (χ4n) is 2.04. The van der Waals surface area contributed by atoms with Crippen LogP contribution in [0, 0.1) is 0 Å². The van der Waals surface area contributed by atoms with Crippen LogP contribution in [0.1, 0.15) is 44.6 Å². The van der Waals surface area contributed by atoms with Crippen LogP contribution in [-0.2, 0) is 6.42 Å². The molecule has 0 saturated heterocycles. The van der Waals surface area contributed by atoms with E-state index in [2.05, 4.69) is 49.2 Å². The Balaban J connectivity index is 1.91. The Morgan fingerprint density at radius 3 is 2.24 bits per heavy atom. The van der Waals surface area contributed by atoms with Crippen molar-refractivity contribution in [1.29, 1.82) is 0 Å². The van der Waals surface area contributed by atoms with Crippen molar-refractivity contribution < 1.29 is 0 Å². The molecule has 0 unspecified atom stereocenters. The standard InChI is InChI=1S/C16H27N/c1-3-17(2)15-11-6-4-5-8-12-16-13-9-7-10-14-16/h7,9-10,13-14H,3-6,8,11-12,15H2,1-2H3. The predicted octanol–water partition coefficient (Wildman–Crippen LogP) is 4.13. The van der Waals surface area contributed by atoms with Gasteiger partial charge in [0, 0.05) is 0 Å². The van der Waals surface area contributed by atoms with Crippen molar-refractivity contribution in [3.05, 3.63) is 35.9 Å². The van der Waals surface area contributed by atoms with E-state index in [1.807, 2.05) is 0 Å². The summed E-state index contributed by atoms with van der Waals surface area (Å²) in [6, 6.07) is 10.8. The highest BCUT2D eigenvalue weighted by Gasteiger charge is 1.95. The molecular weight excluding hydrogens is 206 g/mol. The highest BCUT2D eigenvalue weighted by atomic mass is 15.1. The SMILES string of the molecule is CCN(C)CCCCCCCc1ccccc1. The first kappa shape index (κ1) is 14.2. The van der Waals surface area contributed by atoms with Crippen LogP contribution in [0.4, 0.5) is 0 Å². The van der Waals surface area contributed by atoms with Crippen LogP contribution in [0.5, 0.6) is 0 Å². The maximum atomic E-state index is 2.39. The molecule has 96 valence electrons. The fourth-order valence-corrected chi connectivity index (χ4v) is 2.04. The Labute approximate surface area is 107 Å². The molecule has 0 heterocycles. The van der Waals surface area contributed by atoms with E-state index in [4.69, 9.17) is 0 Å². The lowest BCUT2D eigenvalue weighted by molar-refractivity contribution is 0.340. The predicted molar refractivity (Wildman–Crippen MR) is 76.4 cm³/mol. The lowest BCUT2D eigenvalue weighted by atomic mass is 10.1. The van der Waals surface area contributed by atoms with Crippen LogP contribution in [-0.4, -0.2) is 25.0 Å². The van der Waals surface area contributed by atoms with Gasteiger partial charge in [-0.15, -0.1) is 0 Å². The Kier molecular flexibility index (Phi) is 7.74. The maximum absolute atomic E-state index is 2.39. The summed E-state index contributed by atoms with van der Waals surface area (Å²) in [5, 5.41) is 0. The van der Waals surface area contributed by atoms with Crippen molar-refractivity contribution in [2.75, 3.05) is 20.1 Å². The van der Waals surface area contributed by atoms with E-state index in [-0.39, 0.29) is 0 Å². The average Bonchev–Trinajstić information content (AvgIpc) is 2.38. The van der Waals surface area contributed by atoms with E-state index >= 15 is 0 Å². The lowest BCUT2D eigenvalue weighted by Crippen LogP contribution is -2.18. The van der Waals surface area contributed by atoms with Gasteiger partial charge in [0.1, 0.15) is 0 Å². The third-order valence-electron chi connectivity index (χ3n) is 3.39.